The molecule has 0 spiro atoms. The average molecular weight is 298 g/mol. The Balaban J connectivity index is 1.67. The lowest BCUT2D eigenvalue weighted by Gasteiger charge is -2.35. The molecular formula is C15H23FN2O3. The number of halogens is 1. The fourth-order valence-electron chi connectivity index (χ4n) is 2.44. The van der Waals surface area contributed by atoms with Crippen LogP contribution < -0.4 is 4.74 Å². The van der Waals surface area contributed by atoms with Crippen LogP contribution >= 0.6 is 0 Å². The van der Waals surface area contributed by atoms with Gasteiger partial charge in [-0.25, -0.2) is 4.39 Å². The molecule has 1 atom stereocenters. The van der Waals surface area contributed by atoms with Gasteiger partial charge in [-0.05, 0) is 12.1 Å². The van der Waals surface area contributed by atoms with Crippen LogP contribution in [0, 0.1) is 5.82 Å². The molecule has 1 aliphatic heterocycles. The maximum absolute atomic E-state index is 13.0. The number of ether oxygens (including phenoxy) is 1. The average Bonchev–Trinajstić information content (AvgIpc) is 2.48. The van der Waals surface area contributed by atoms with Crippen molar-refractivity contribution in [3.05, 3.63) is 30.1 Å². The van der Waals surface area contributed by atoms with Crippen LogP contribution in [-0.2, 0) is 0 Å². The standard InChI is InChI=1S/C15H23FN2O3/c16-13-2-1-3-15(10-13)21-12-14(20)11-18-6-4-17(5-7-18)8-9-19/h1-3,10,14,19-20H,4-9,11-12H2. The lowest BCUT2D eigenvalue weighted by Crippen LogP contribution is -2.49. The third-order valence-electron chi connectivity index (χ3n) is 3.59. The molecule has 0 aliphatic carbocycles. The first kappa shape index (κ1) is 16.2. The molecule has 1 unspecified atom stereocenters. The van der Waals surface area contributed by atoms with Gasteiger partial charge in [-0.2, -0.15) is 0 Å². The minimum Gasteiger partial charge on any atom is -0.491 e. The minimum absolute atomic E-state index is 0.153. The topological polar surface area (TPSA) is 56.2 Å². The zero-order valence-corrected chi connectivity index (χ0v) is 12.1. The van der Waals surface area contributed by atoms with E-state index in [1.54, 1.807) is 12.1 Å². The van der Waals surface area contributed by atoms with Crippen LogP contribution in [0.5, 0.6) is 5.75 Å². The van der Waals surface area contributed by atoms with Crippen LogP contribution in [0.25, 0.3) is 0 Å². The lowest BCUT2D eigenvalue weighted by atomic mass is 10.2. The molecule has 1 heterocycles. The zero-order chi connectivity index (χ0) is 15.1. The van der Waals surface area contributed by atoms with E-state index in [4.69, 9.17) is 9.84 Å². The van der Waals surface area contributed by atoms with Crippen molar-refractivity contribution < 1.29 is 19.3 Å². The molecule has 5 nitrogen and oxygen atoms in total. The number of hydrogen-bond donors (Lipinski definition) is 2. The van der Waals surface area contributed by atoms with E-state index in [0.717, 1.165) is 26.2 Å². The highest BCUT2D eigenvalue weighted by Gasteiger charge is 2.19. The maximum atomic E-state index is 13.0. The van der Waals surface area contributed by atoms with E-state index in [2.05, 4.69) is 9.80 Å². The van der Waals surface area contributed by atoms with E-state index in [9.17, 15) is 9.50 Å². The van der Waals surface area contributed by atoms with Gasteiger partial charge in [0.25, 0.3) is 0 Å². The summed E-state index contributed by atoms with van der Waals surface area (Å²) in [5, 5.41) is 18.9. The van der Waals surface area contributed by atoms with Crippen LogP contribution in [0.15, 0.2) is 24.3 Å². The minimum atomic E-state index is -0.599. The highest BCUT2D eigenvalue weighted by molar-refractivity contribution is 5.22. The number of aliphatic hydroxyl groups is 2. The molecular weight excluding hydrogens is 275 g/mol. The Morgan fingerprint density at radius 1 is 1.19 bits per heavy atom. The molecule has 118 valence electrons. The van der Waals surface area contributed by atoms with Crippen LogP contribution in [-0.4, -0.2) is 78.6 Å². The molecule has 0 amide bonds. The van der Waals surface area contributed by atoms with Crippen molar-refractivity contribution in [2.75, 3.05) is 52.5 Å². The van der Waals surface area contributed by atoms with Gasteiger partial charge in [0, 0.05) is 45.3 Å². The molecule has 0 bridgehead atoms. The summed E-state index contributed by atoms with van der Waals surface area (Å²) in [6.45, 7) is 5.13. The molecule has 6 heteroatoms. The van der Waals surface area contributed by atoms with Crippen molar-refractivity contribution in [1.29, 1.82) is 0 Å². The predicted octanol–water partition coefficient (Wildman–Crippen LogP) is 0.175. The van der Waals surface area contributed by atoms with E-state index in [1.807, 2.05) is 0 Å². The van der Waals surface area contributed by atoms with Gasteiger partial charge in [0.2, 0.25) is 0 Å². The SMILES string of the molecule is OCCN1CCN(CC(O)COc2cccc(F)c2)CC1. The number of hydrogen-bond acceptors (Lipinski definition) is 5. The van der Waals surface area contributed by atoms with Gasteiger partial charge in [-0.1, -0.05) is 6.07 Å². The van der Waals surface area contributed by atoms with Gasteiger partial charge < -0.3 is 14.9 Å². The molecule has 2 rings (SSSR count). The summed E-state index contributed by atoms with van der Waals surface area (Å²) in [7, 11) is 0. The summed E-state index contributed by atoms with van der Waals surface area (Å²) in [4.78, 5) is 4.37. The van der Waals surface area contributed by atoms with Crippen molar-refractivity contribution in [3.8, 4) is 5.75 Å². The molecule has 0 aromatic heterocycles. The maximum Gasteiger partial charge on any atom is 0.126 e. The van der Waals surface area contributed by atoms with E-state index in [1.165, 1.54) is 12.1 Å². The Morgan fingerprint density at radius 3 is 2.57 bits per heavy atom. The lowest BCUT2D eigenvalue weighted by molar-refractivity contribution is 0.0428. The summed E-state index contributed by atoms with van der Waals surface area (Å²) in [5.41, 5.74) is 0. The highest BCUT2D eigenvalue weighted by atomic mass is 19.1. The summed E-state index contributed by atoms with van der Waals surface area (Å²) in [6.07, 6.45) is -0.599. The molecule has 1 aromatic rings. The van der Waals surface area contributed by atoms with Crippen LogP contribution in [0.1, 0.15) is 0 Å². The second-order valence-corrected chi connectivity index (χ2v) is 5.29. The van der Waals surface area contributed by atoms with Crippen molar-refractivity contribution >= 4 is 0 Å². The van der Waals surface area contributed by atoms with Crippen molar-refractivity contribution in [3.63, 3.8) is 0 Å². The Hall–Kier alpha value is -1.21. The van der Waals surface area contributed by atoms with E-state index in [-0.39, 0.29) is 19.0 Å². The Kier molecular flexibility index (Phi) is 6.38. The highest BCUT2D eigenvalue weighted by Crippen LogP contribution is 2.12. The quantitative estimate of drug-likeness (QED) is 0.752. The van der Waals surface area contributed by atoms with Crippen LogP contribution in [0.2, 0.25) is 0 Å². The van der Waals surface area contributed by atoms with Crippen LogP contribution in [0.4, 0.5) is 4.39 Å². The summed E-state index contributed by atoms with van der Waals surface area (Å²) in [6, 6.07) is 5.91. The number of benzene rings is 1. The fraction of sp³-hybridized carbons (Fsp3) is 0.600. The van der Waals surface area contributed by atoms with E-state index in [0.29, 0.717) is 18.8 Å². The Labute approximate surface area is 124 Å². The van der Waals surface area contributed by atoms with Crippen molar-refractivity contribution in [2.24, 2.45) is 0 Å². The molecule has 0 saturated carbocycles. The first-order chi connectivity index (χ1) is 10.2. The number of nitrogens with zero attached hydrogens (tertiary/aromatic N) is 2. The van der Waals surface area contributed by atoms with Gasteiger partial charge in [0.1, 0.15) is 24.3 Å². The molecule has 1 aromatic carbocycles. The molecule has 1 saturated heterocycles. The second-order valence-electron chi connectivity index (χ2n) is 5.29. The number of piperazine rings is 1. The monoisotopic (exact) mass is 298 g/mol. The zero-order valence-electron chi connectivity index (χ0n) is 12.1. The van der Waals surface area contributed by atoms with Gasteiger partial charge in [-0.3, -0.25) is 9.80 Å². The summed E-state index contributed by atoms with van der Waals surface area (Å²) < 4.78 is 18.4. The van der Waals surface area contributed by atoms with Gasteiger partial charge in [0.05, 0.1) is 6.61 Å². The van der Waals surface area contributed by atoms with E-state index >= 15 is 0 Å². The number of rotatable bonds is 7. The molecule has 21 heavy (non-hydrogen) atoms. The first-order valence-corrected chi connectivity index (χ1v) is 7.29. The normalized spacial score (nSPS) is 18.6. The van der Waals surface area contributed by atoms with Gasteiger partial charge in [-0.15, -0.1) is 0 Å². The molecule has 0 radical (unpaired) electrons. The fourth-order valence-corrected chi connectivity index (χ4v) is 2.44. The Morgan fingerprint density at radius 2 is 1.90 bits per heavy atom. The Bertz CT molecular complexity index is 425. The van der Waals surface area contributed by atoms with Gasteiger partial charge in [0.15, 0.2) is 0 Å². The first-order valence-electron chi connectivity index (χ1n) is 7.29. The van der Waals surface area contributed by atoms with Crippen molar-refractivity contribution in [2.45, 2.75) is 6.10 Å². The number of aliphatic hydroxyl groups excluding tert-OH is 2. The van der Waals surface area contributed by atoms with Crippen molar-refractivity contribution in [1.82, 2.24) is 9.80 Å². The summed E-state index contributed by atoms with van der Waals surface area (Å²) in [5.74, 6) is 0.0869. The second kappa shape index (κ2) is 8.29. The third-order valence-corrected chi connectivity index (χ3v) is 3.59. The molecule has 1 aliphatic rings. The van der Waals surface area contributed by atoms with Crippen LogP contribution in [0.3, 0.4) is 0 Å². The largest absolute Gasteiger partial charge is 0.491 e. The smallest absolute Gasteiger partial charge is 0.126 e. The third kappa shape index (κ3) is 5.59. The molecule has 2 N–H and O–H groups in total. The van der Waals surface area contributed by atoms with E-state index < -0.39 is 6.10 Å². The number of β-amino-alcohol motifs (C(OH)–C–C–N with tert-alkyl or cyclic N) is 2. The molecule has 1 fully saturated rings. The predicted molar refractivity (Wildman–Crippen MR) is 77.9 cm³/mol. The summed E-state index contributed by atoms with van der Waals surface area (Å²) >= 11 is 0. The van der Waals surface area contributed by atoms with Gasteiger partial charge >= 0.3 is 0 Å².